The molecular formula is C26H25N3O5. The van der Waals surface area contributed by atoms with Gasteiger partial charge in [0.25, 0.3) is 0 Å². The fraction of sp³-hybridized carbons (Fsp3) is 0.115. The average molecular weight is 460 g/mol. The molecular weight excluding hydrogens is 434 g/mol. The summed E-state index contributed by atoms with van der Waals surface area (Å²) in [7, 11) is 1.54. The Labute approximate surface area is 197 Å². The molecule has 3 rings (SSSR count). The van der Waals surface area contributed by atoms with Gasteiger partial charge in [-0.3, -0.25) is 9.59 Å². The standard InChI is InChI=1S/C26H25N3O5/c1-3-15-33-22-12-10-21(11-13-22)28-25(30)26(31)29-27-17-20-9-14-23(24(16-20)32-2)34-18-19-7-5-4-6-8-19/h3-14,16-17H,1,15,18H2,2H3,(H,28,30)(H,29,31)/b27-17-. The number of ether oxygens (including phenoxy) is 3. The van der Waals surface area contributed by atoms with Gasteiger partial charge in [-0.2, -0.15) is 5.10 Å². The number of benzene rings is 3. The van der Waals surface area contributed by atoms with Gasteiger partial charge in [-0.25, -0.2) is 5.43 Å². The first-order chi connectivity index (χ1) is 16.6. The van der Waals surface area contributed by atoms with Crippen molar-refractivity contribution >= 4 is 23.7 Å². The van der Waals surface area contributed by atoms with Crippen LogP contribution in [0.1, 0.15) is 11.1 Å². The van der Waals surface area contributed by atoms with E-state index in [2.05, 4.69) is 22.4 Å². The first-order valence-electron chi connectivity index (χ1n) is 10.4. The number of hydrogen-bond donors (Lipinski definition) is 2. The number of anilines is 1. The molecule has 2 N–H and O–H groups in total. The minimum Gasteiger partial charge on any atom is -0.493 e. The maximum absolute atomic E-state index is 12.1. The van der Waals surface area contributed by atoms with E-state index in [9.17, 15) is 9.59 Å². The number of hydrazone groups is 1. The molecule has 0 heterocycles. The van der Waals surface area contributed by atoms with Gasteiger partial charge in [-0.05, 0) is 53.6 Å². The predicted octanol–water partition coefficient (Wildman–Crippen LogP) is 3.93. The number of carbonyl (C=O) groups excluding carboxylic acids is 2. The molecule has 0 fully saturated rings. The van der Waals surface area contributed by atoms with Crippen LogP contribution in [-0.2, 0) is 16.2 Å². The summed E-state index contributed by atoms with van der Waals surface area (Å²) in [5, 5.41) is 6.33. The highest BCUT2D eigenvalue weighted by atomic mass is 16.5. The van der Waals surface area contributed by atoms with Crippen LogP contribution in [0.3, 0.4) is 0 Å². The summed E-state index contributed by atoms with van der Waals surface area (Å²) in [5.41, 5.74) is 4.34. The second-order valence-corrected chi connectivity index (χ2v) is 6.96. The first kappa shape index (κ1) is 24.1. The third kappa shape index (κ3) is 7.23. The number of amides is 2. The zero-order valence-corrected chi connectivity index (χ0v) is 18.7. The molecule has 0 saturated carbocycles. The molecule has 3 aromatic carbocycles. The fourth-order valence-electron chi connectivity index (χ4n) is 2.81. The lowest BCUT2D eigenvalue weighted by Crippen LogP contribution is -2.32. The van der Waals surface area contributed by atoms with Crippen molar-refractivity contribution in [2.45, 2.75) is 6.61 Å². The normalized spacial score (nSPS) is 10.4. The van der Waals surface area contributed by atoms with Crippen LogP contribution in [0.5, 0.6) is 17.2 Å². The zero-order valence-electron chi connectivity index (χ0n) is 18.7. The van der Waals surface area contributed by atoms with E-state index in [0.717, 1.165) is 5.56 Å². The Kier molecular flexibility index (Phi) is 8.81. The van der Waals surface area contributed by atoms with E-state index in [1.54, 1.807) is 48.5 Å². The number of rotatable bonds is 10. The molecule has 8 nitrogen and oxygen atoms in total. The minimum atomic E-state index is -0.905. The topological polar surface area (TPSA) is 98.2 Å². The van der Waals surface area contributed by atoms with Crippen LogP contribution in [0, 0.1) is 0 Å². The van der Waals surface area contributed by atoms with Crippen LogP contribution >= 0.6 is 0 Å². The summed E-state index contributed by atoms with van der Waals surface area (Å²) in [4.78, 5) is 24.1. The van der Waals surface area contributed by atoms with Gasteiger partial charge in [0.05, 0.1) is 13.3 Å². The molecule has 3 aromatic rings. The Morgan fingerprint density at radius 2 is 1.71 bits per heavy atom. The molecule has 0 aliphatic rings. The molecule has 0 aliphatic carbocycles. The molecule has 0 atom stereocenters. The number of methoxy groups -OCH3 is 1. The third-order valence-electron chi connectivity index (χ3n) is 4.49. The molecule has 0 aromatic heterocycles. The Bertz CT molecular complexity index is 1140. The van der Waals surface area contributed by atoms with Crippen molar-refractivity contribution in [1.29, 1.82) is 0 Å². The van der Waals surface area contributed by atoms with Crippen molar-refractivity contribution < 1.29 is 23.8 Å². The highest BCUT2D eigenvalue weighted by Gasteiger charge is 2.13. The zero-order chi connectivity index (χ0) is 24.2. The van der Waals surface area contributed by atoms with Crippen LogP contribution in [0.4, 0.5) is 5.69 Å². The summed E-state index contributed by atoms with van der Waals surface area (Å²) in [6.45, 7) is 4.36. The fourth-order valence-corrected chi connectivity index (χ4v) is 2.81. The van der Waals surface area contributed by atoms with Crippen molar-refractivity contribution in [3.05, 3.63) is 96.6 Å². The van der Waals surface area contributed by atoms with Crippen LogP contribution in [0.2, 0.25) is 0 Å². The molecule has 0 spiro atoms. The Morgan fingerprint density at radius 1 is 0.941 bits per heavy atom. The molecule has 0 bridgehead atoms. The van der Waals surface area contributed by atoms with Crippen molar-refractivity contribution in [1.82, 2.24) is 5.43 Å². The number of carbonyl (C=O) groups is 2. The van der Waals surface area contributed by atoms with Gasteiger partial charge in [0.15, 0.2) is 11.5 Å². The van der Waals surface area contributed by atoms with Crippen molar-refractivity contribution in [3.63, 3.8) is 0 Å². The maximum Gasteiger partial charge on any atom is 0.329 e. The molecule has 0 saturated heterocycles. The van der Waals surface area contributed by atoms with E-state index in [1.165, 1.54) is 13.3 Å². The van der Waals surface area contributed by atoms with E-state index in [0.29, 0.717) is 41.7 Å². The Morgan fingerprint density at radius 3 is 2.41 bits per heavy atom. The molecule has 8 heteroatoms. The van der Waals surface area contributed by atoms with Crippen molar-refractivity contribution in [3.8, 4) is 17.2 Å². The van der Waals surface area contributed by atoms with Gasteiger partial charge in [0.2, 0.25) is 0 Å². The van der Waals surface area contributed by atoms with Crippen LogP contribution < -0.4 is 25.0 Å². The molecule has 0 unspecified atom stereocenters. The summed E-state index contributed by atoms with van der Waals surface area (Å²) < 4.78 is 16.6. The van der Waals surface area contributed by atoms with Crippen LogP contribution in [0.15, 0.2) is 90.6 Å². The smallest absolute Gasteiger partial charge is 0.329 e. The minimum absolute atomic E-state index is 0.376. The molecule has 174 valence electrons. The van der Waals surface area contributed by atoms with Gasteiger partial charge >= 0.3 is 11.8 Å². The van der Waals surface area contributed by atoms with Gasteiger partial charge < -0.3 is 19.5 Å². The van der Waals surface area contributed by atoms with E-state index >= 15 is 0 Å². The monoisotopic (exact) mass is 459 g/mol. The maximum atomic E-state index is 12.1. The number of nitrogens with one attached hydrogen (secondary N) is 2. The summed E-state index contributed by atoms with van der Waals surface area (Å²) >= 11 is 0. The van der Waals surface area contributed by atoms with Gasteiger partial charge in [-0.1, -0.05) is 43.0 Å². The molecule has 0 radical (unpaired) electrons. The lowest BCUT2D eigenvalue weighted by Gasteiger charge is -2.11. The van der Waals surface area contributed by atoms with Crippen LogP contribution in [-0.4, -0.2) is 31.7 Å². The lowest BCUT2D eigenvalue weighted by molar-refractivity contribution is -0.136. The predicted molar refractivity (Wildman–Crippen MR) is 130 cm³/mol. The summed E-state index contributed by atoms with van der Waals surface area (Å²) in [6.07, 6.45) is 3.03. The molecule has 0 aliphatic heterocycles. The van der Waals surface area contributed by atoms with E-state index in [4.69, 9.17) is 14.2 Å². The second-order valence-electron chi connectivity index (χ2n) is 6.96. The third-order valence-corrected chi connectivity index (χ3v) is 4.49. The van der Waals surface area contributed by atoms with Crippen LogP contribution in [0.25, 0.3) is 0 Å². The van der Waals surface area contributed by atoms with Crippen molar-refractivity contribution in [2.24, 2.45) is 5.10 Å². The molecule has 34 heavy (non-hydrogen) atoms. The quantitative estimate of drug-likeness (QED) is 0.207. The molecule has 2 amide bonds. The van der Waals surface area contributed by atoms with Crippen molar-refractivity contribution in [2.75, 3.05) is 19.0 Å². The van der Waals surface area contributed by atoms with Gasteiger partial charge in [0, 0.05) is 5.69 Å². The highest BCUT2D eigenvalue weighted by Crippen LogP contribution is 2.28. The van der Waals surface area contributed by atoms with Gasteiger partial charge in [-0.15, -0.1) is 0 Å². The summed E-state index contributed by atoms with van der Waals surface area (Å²) in [5.74, 6) is -0.0340. The first-order valence-corrected chi connectivity index (χ1v) is 10.4. The largest absolute Gasteiger partial charge is 0.493 e. The van der Waals surface area contributed by atoms with E-state index in [-0.39, 0.29) is 0 Å². The Hall–Kier alpha value is -4.59. The number of hydrogen-bond acceptors (Lipinski definition) is 6. The highest BCUT2D eigenvalue weighted by molar-refractivity contribution is 6.39. The van der Waals surface area contributed by atoms with E-state index in [1.807, 2.05) is 30.3 Å². The van der Waals surface area contributed by atoms with E-state index < -0.39 is 11.8 Å². The SMILES string of the molecule is C=CCOc1ccc(NC(=O)C(=O)N/N=C\c2ccc(OCc3ccccc3)c(OC)c2)cc1. The Balaban J connectivity index is 1.51. The second kappa shape index (κ2) is 12.4. The lowest BCUT2D eigenvalue weighted by atomic mass is 10.2. The summed E-state index contributed by atoms with van der Waals surface area (Å²) in [6, 6.07) is 21.6. The average Bonchev–Trinajstić information content (AvgIpc) is 2.87. The number of nitrogens with zero attached hydrogens (tertiary/aromatic N) is 1. The van der Waals surface area contributed by atoms with Gasteiger partial charge in [0.1, 0.15) is 19.0 Å².